The average molecular weight is 250 g/mol. The summed E-state index contributed by atoms with van der Waals surface area (Å²) in [5, 5.41) is 18.4. The van der Waals surface area contributed by atoms with Crippen LogP contribution in [0.4, 0.5) is 0 Å². The van der Waals surface area contributed by atoms with Crippen LogP contribution in [0.3, 0.4) is 0 Å². The van der Waals surface area contributed by atoms with Crippen molar-refractivity contribution in [3.63, 3.8) is 0 Å². The van der Waals surface area contributed by atoms with Crippen molar-refractivity contribution in [2.75, 3.05) is 6.61 Å². The van der Waals surface area contributed by atoms with Gasteiger partial charge in [-0.25, -0.2) is 4.79 Å². The van der Waals surface area contributed by atoms with Crippen LogP contribution in [-0.4, -0.2) is 22.8 Å². The van der Waals surface area contributed by atoms with E-state index in [1.54, 1.807) is 0 Å². The van der Waals surface area contributed by atoms with Gasteiger partial charge in [0.25, 0.3) is 0 Å². The largest absolute Gasteiger partial charge is 0.478 e. The maximum atomic E-state index is 11.1. The van der Waals surface area contributed by atoms with Crippen LogP contribution in [0.5, 0.6) is 0 Å². The molecule has 0 spiro atoms. The Balaban J connectivity index is 2.27. The zero-order chi connectivity index (χ0) is 13.3. The lowest BCUT2D eigenvalue weighted by molar-refractivity contribution is -0.133. The van der Waals surface area contributed by atoms with E-state index in [2.05, 4.69) is 13.5 Å². The number of rotatable bonds is 3. The molecular formula is C15H22O3. The predicted octanol–water partition coefficient (Wildman–Crippen LogP) is 2.62. The SMILES string of the molecule is C=C(CO)C1CCC(C)C2CCC(C(=O)O)=CC12. The molecule has 4 atom stereocenters. The first-order valence-corrected chi connectivity index (χ1v) is 6.77. The van der Waals surface area contributed by atoms with Crippen LogP contribution in [-0.2, 0) is 4.79 Å². The highest BCUT2D eigenvalue weighted by Crippen LogP contribution is 2.47. The lowest BCUT2D eigenvalue weighted by Crippen LogP contribution is -2.36. The van der Waals surface area contributed by atoms with Gasteiger partial charge in [0, 0.05) is 5.57 Å². The van der Waals surface area contributed by atoms with E-state index in [9.17, 15) is 9.90 Å². The summed E-state index contributed by atoms with van der Waals surface area (Å²) in [4.78, 5) is 11.1. The Hall–Kier alpha value is -1.09. The molecule has 2 rings (SSSR count). The Morgan fingerprint density at radius 2 is 2.17 bits per heavy atom. The number of fused-ring (bicyclic) bond motifs is 1. The van der Waals surface area contributed by atoms with Gasteiger partial charge in [0.2, 0.25) is 0 Å². The van der Waals surface area contributed by atoms with E-state index in [-0.39, 0.29) is 18.4 Å². The molecule has 2 N–H and O–H groups in total. The topological polar surface area (TPSA) is 57.5 Å². The van der Waals surface area contributed by atoms with E-state index in [1.807, 2.05) is 6.08 Å². The molecule has 0 aliphatic heterocycles. The van der Waals surface area contributed by atoms with Crippen LogP contribution in [0.1, 0.15) is 32.6 Å². The number of carboxylic acid groups (broad SMARTS) is 1. The van der Waals surface area contributed by atoms with Crippen molar-refractivity contribution in [3.8, 4) is 0 Å². The lowest BCUT2D eigenvalue weighted by atomic mass is 9.61. The Morgan fingerprint density at radius 3 is 2.78 bits per heavy atom. The molecule has 2 aliphatic carbocycles. The van der Waals surface area contributed by atoms with Gasteiger partial charge in [-0.2, -0.15) is 0 Å². The minimum atomic E-state index is -0.792. The number of aliphatic hydroxyl groups excluding tert-OH is 1. The van der Waals surface area contributed by atoms with E-state index < -0.39 is 5.97 Å². The molecule has 0 radical (unpaired) electrons. The Labute approximate surface area is 108 Å². The Morgan fingerprint density at radius 1 is 1.44 bits per heavy atom. The second kappa shape index (κ2) is 5.27. The number of carbonyl (C=O) groups is 1. The highest BCUT2D eigenvalue weighted by molar-refractivity contribution is 5.86. The maximum absolute atomic E-state index is 11.1. The molecule has 1 fully saturated rings. The number of allylic oxidation sites excluding steroid dienone is 1. The highest BCUT2D eigenvalue weighted by Gasteiger charge is 2.39. The van der Waals surface area contributed by atoms with Crippen LogP contribution < -0.4 is 0 Å². The summed E-state index contributed by atoms with van der Waals surface area (Å²) in [6.07, 6.45) is 5.75. The highest BCUT2D eigenvalue weighted by atomic mass is 16.4. The summed E-state index contributed by atoms with van der Waals surface area (Å²) >= 11 is 0. The smallest absolute Gasteiger partial charge is 0.331 e. The van der Waals surface area contributed by atoms with E-state index in [0.717, 1.165) is 24.8 Å². The minimum absolute atomic E-state index is 0.0124. The summed E-state index contributed by atoms with van der Waals surface area (Å²) in [6.45, 7) is 6.23. The first kappa shape index (κ1) is 13.3. The maximum Gasteiger partial charge on any atom is 0.331 e. The van der Waals surface area contributed by atoms with Crippen LogP contribution in [0.15, 0.2) is 23.8 Å². The van der Waals surface area contributed by atoms with Crippen molar-refractivity contribution in [1.82, 2.24) is 0 Å². The molecule has 3 nitrogen and oxygen atoms in total. The van der Waals surface area contributed by atoms with Gasteiger partial charge in [-0.15, -0.1) is 0 Å². The quantitative estimate of drug-likeness (QED) is 0.757. The zero-order valence-corrected chi connectivity index (χ0v) is 10.9. The van der Waals surface area contributed by atoms with Gasteiger partial charge in [0.15, 0.2) is 0 Å². The number of aliphatic hydroxyl groups is 1. The molecule has 100 valence electrons. The fourth-order valence-electron chi connectivity index (χ4n) is 3.65. The second-order valence-corrected chi connectivity index (χ2v) is 5.75. The molecule has 18 heavy (non-hydrogen) atoms. The molecule has 0 heterocycles. The molecule has 0 saturated heterocycles. The summed E-state index contributed by atoms with van der Waals surface area (Å²) in [5.74, 6) is 0.915. The molecule has 1 saturated carbocycles. The third-order valence-corrected chi connectivity index (χ3v) is 4.77. The molecular weight excluding hydrogens is 228 g/mol. The second-order valence-electron chi connectivity index (χ2n) is 5.75. The first-order valence-electron chi connectivity index (χ1n) is 6.77. The Bertz CT molecular complexity index is 383. The lowest BCUT2D eigenvalue weighted by Gasteiger charge is -2.44. The van der Waals surface area contributed by atoms with E-state index in [0.29, 0.717) is 23.8 Å². The summed E-state index contributed by atoms with van der Waals surface area (Å²) < 4.78 is 0. The number of hydrogen-bond acceptors (Lipinski definition) is 2. The third-order valence-electron chi connectivity index (χ3n) is 4.77. The van der Waals surface area contributed by atoms with Crippen molar-refractivity contribution in [1.29, 1.82) is 0 Å². The normalized spacial score (nSPS) is 35.6. The fourth-order valence-corrected chi connectivity index (χ4v) is 3.65. The van der Waals surface area contributed by atoms with Crippen molar-refractivity contribution in [2.24, 2.45) is 23.7 Å². The van der Waals surface area contributed by atoms with Gasteiger partial charge >= 0.3 is 5.97 Å². The molecule has 0 aromatic carbocycles. The van der Waals surface area contributed by atoms with Crippen molar-refractivity contribution in [3.05, 3.63) is 23.8 Å². The number of hydrogen-bond donors (Lipinski definition) is 2. The molecule has 2 aliphatic rings. The van der Waals surface area contributed by atoms with E-state index in [4.69, 9.17) is 5.11 Å². The summed E-state index contributed by atoms with van der Waals surface area (Å²) in [7, 11) is 0. The minimum Gasteiger partial charge on any atom is -0.478 e. The molecule has 0 bridgehead atoms. The van der Waals surface area contributed by atoms with Gasteiger partial charge in [-0.1, -0.05) is 19.6 Å². The van der Waals surface area contributed by atoms with Crippen molar-refractivity contribution in [2.45, 2.75) is 32.6 Å². The van der Waals surface area contributed by atoms with Gasteiger partial charge in [-0.3, -0.25) is 0 Å². The zero-order valence-electron chi connectivity index (χ0n) is 10.9. The van der Waals surface area contributed by atoms with Gasteiger partial charge in [0.1, 0.15) is 0 Å². The van der Waals surface area contributed by atoms with Gasteiger partial charge in [0.05, 0.1) is 6.61 Å². The number of carboxylic acids is 1. The van der Waals surface area contributed by atoms with Gasteiger partial charge in [-0.05, 0) is 54.9 Å². The molecule has 0 aromatic rings. The predicted molar refractivity (Wildman–Crippen MR) is 70.0 cm³/mol. The molecule has 3 heteroatoms. The summed E-state index contributed by atoms with van der Waals surface area (Å²) in [5.41, 5.74) is 1.40. The monoisotopic (exact) mass is 250 g/mol. The van der Waals surface area contributed by atoms with Gasteiger partial charge < -0.3 is 10.2 Å². The van der Waals surface area contributed by atoms with Crippen LogP contribution in [0.2, 0.25) is 0 Å². The average Bonchev–Trinajstić information content (AvgIpc) is 2.38. The number of aliphatic carboxylic acids is 1. The molecule has 0 amide bonds. The van der Waals surface area contributed by atoms with E-state index in [1.165, 1.54) is 0 Å². The fraction of sp³-hybridized carbons (Fsp3) is 0.667. The molecule has 4 unspecified atom stereocenters. The van der Waals surface area contributed by atoms with E-state index >= 15 is 0 Å². The van der Waals surface area contributed by atoms with Crippen molar-refractivity contribution >= 4 is 5.97 Å². The van der Waals surface area contributed by atoms with Crippen LogP contribution in [0.25, 0.3) is 0 Å². The Kier molecular flexibility index (Phi) is 3.91. The van der Waals surface area contributed by atoms with Crippen LogP contribution in [0, 0.1) is 23.7 Å². The van der Waals surface area contributed by atoms with Crippen LogP contribution >= 0.6 is 0 Å². The molecule has 0 aromatic heterocycles. The first-order chi connectivity index (χ1) is 8.54. The summed E-state index contributed by atoms with van der Waals surface area (Å²) in [6, 6.07) is 0. The third kappa shape index (κ3) is 2.37. The van der Waals surface area contributed by atoms with Crippen molar-refractivity contribution < 1.29 is 15.0 Å². The standard InChI is InChI=1S/C15H22O3/c1-9-3-5-13(10(2)8-16)14-7-11(15(17)18)4-6-12(9)14/h7,9,12-14,16H,2-6,8H2,1H3,(H,17,18).